The van der Waals surface area contributed by atoms with Crippen molar-refractivity contribution >= 4 is 22.8 Å². The average Bonchev–Trinajstić information content (AvgIpc) is 3.46. The van der Waals surface area contributed by atoms with Crippen LogP contribution in [0.3, 0.4) is 0 Å². The first-order chi connectivity index (χ1) is 20.8. The number of carbonyl (C=O) groups excluding carboxylic acids is 2. The van der Waals surface area contributed by atoms with E-state index in [-0.39, 0.29) is 44.3 Å². The highest BCUT2D eigenvalue weighted by molar-refractivity contribution is 5.97. The summed E-state index contributed by atoms with van der Waals surface area (Å²) in [6.45, 7) is 0.282. The fraction of sp³-hybridized carbons (Fsp3) is 0.242. The van der Waals surface area contributed by atoms with Crippen molar-refractivity contribution < 1.29 is 22.8 Å². The van der Waals surface area contributed by atoms with Crippen LogP contribution in [0.25, 0.3) is 33.4 Å². The minimum absolute atomic E-state index is 0.0212. The Balaban J connectivity index is 1.22. The molecule has 10 heteroatoms. The molecule has 0 unspecified atom stereocenters. The van der Waals surface area contributed by atoms with Gasteiger partial charge in [0.1, 0.15) is 11.3 Å². The molecule has 218 valence electrons. The smallest absolute Gasteiger partial charge is 0.255 e. The van der Waals surface area contributed by atoms with E-state index in [9.17, 15) is 18.4 Å². The highest BCUT2D eigenvalue weighted by Gasteiger charge is 2.35. The number of pyridine rings is 3. The molecule has 0 spiro atoms. The summed E-state index contributed by atoms with van der Waals surface area (Å²) in [7, 11) is 0. The summed E-state index contributed by atoms with van der Waals surface area (Å²) >= 11 is 0. The van der Waals surface area contributed by atoms with Gasteiger partial charge in [-0.15, -0.1) is 0 Å². The van der Waals surface area contributed by atoms with Crippen molar-refractivity contribution in [2.45, 2.75) is 38.2 Å². The Morgan fingerprint density at radius 2 is 1.74 bits per heavy atom. The molecule has 5 aromatic rings. The van der Waals surface area contributed by atoms with Gasteiger partial charge in [0.15, 0.2) is 0 Å². The highest BCUT2D eigenvalue weighted by atomic mass is 19.3. The van der Waals surface area contributed by atoms with E-state index >= 15 is 0 Å². The van der Waals surface area contributed by atoms with E-state index < -0.39 is 5.92 Å². The van der Waals surface area contributed by atoms with Crippen LogP contribution < -0.4 is 5.32 Å². The van der Waals surface area contributed by atoms with E-state index in [1.807, 2.05) is 42.5 Å². The lowest BCUT2D eigenvalue weighted by atomic mass is 9.99. The van der Waals surface area contributed by atoms with Gasteiger partial charge in [-0.3, -0.25) is 24.5 Å². The standard InChI is InChI=1S/C33H29F2N5O3/c34-33(35)9-14-40(15-10-33)32(42)24-4-5-29(38-20-24)25-16-26-17-27(21-39-30(41)6-3-22-2-1-11-37-19-22)43-31(26)28(18-25)23-7-12-36-13-8-23/h1-2,4-5,7-8,11-13,16-20H,3,6,9-10,14-15,21H2,(H,39,41). The van der Waals surface area contributed by atoms with E-state index in [1.54, 1.807) is 36.9 Å². The summed E-state index contributed by atoms with van der Waals surface area (Å²) in [6, 6.07) is 16.8. The number of halogens is 2. The van der Waals surface area contributed by atoms with Gasteiger partial charge in [-0.1, -0.05) is 6.07 Å². The summed E-state index contributed by atoms with van der Waals surface area (Å²) < 4.78 is 33.3. The zero-order valence-corrected chi connectivity index (χ0v) is 23.3. The van der Waals surface area contributed by atoms with Gasteiger partial charge in [-0.25, -0.2) is 8.78 Å². The largest absolute Gasteiger partial charge is 0.459 e. The maximum absolute atomic E-state index is 13.5. The second kappa shape index (κ2) is 12.1. The number of furan rings is 1. The molecule has 5 heterocycles. The first-order valence-corrected chi connectivity index (χ1v) is 14.1. The normalized spacial score (nSPS) is 14.5. The van der Waals surface area contributed by atoms with Gasteiger partial charge < -0.3 is 14.6 Å². The number of rotatable bonds is 8. The van der Waals surface area contributed by atoms with Crippen LogP contribution in [0.1, 0.15) is 40.9 Å². The average molecular weight is 582 g/mol. The van der Waals surface area contributed by atoms with E-state index in [0.29, 0.717) is 35.4 Å². The van der Waals surface area contributed by atoms with Crippen LogP contribution in [-0.4, -0.2) is 50.7 Å². The van der Waals surface area contributed by atoms with Crippen LogP contribution >= 0.6 is 0 Å². The molecule has 0 saturated carbocycles. The molecule has 1 aliphatic heterocycles. The number of alkyl halides is 2. The number of nitrogens with zero attached hydrogens (tertiary/aromatic N) is 4. The summed E-state index contributed by atoms with van der Waals surface area (Å²) in [5, 5.41) is 3.76. The number of carbonyl (C=O) groups is 2. The molecule has 1 saturated heterocycles. The van der Waals surface area contributed by atoms with E-state index in [2.05, 4.69) is 20.3 Å². The second-order valence-corrected chi connectivity index (χ2v) is 10.6. The van der Waals surface area contributed by atoms with E-state index in [4.69, 9.17) is 4.42 Å². The number of aromatic nitrogens is 3. The monoisotopic (exact) mass is 581 g/mol. The Morgan fingerprint density at radius 3 is 2.47 bits per heavy atom. The summed E-state index contributed by atoms with van der Waals surface area (Å²) in [4.78, 5) is 39.6. The maximum Gasteiger partial charge on any atom is 0.255 e. The molecule has 8 nitrogen and oxygen atoms in total. The van der Waals surface area contributed by atoms with Gasteiger partial charge in [0, 0.05) is 79.8 Å². The van der Waals surface area contributed by atoms with E-state index in [0.717, 1.165) is 27.6 Å². The fourth-order valence-electron chi connectivity index (χ4n) is 5.18. The third-order valence-corrected chi connectivity index (χ3v) is 7.57. The van der Waals surface area contributed by atoms with Crippen LogP contribution in [0.5, 0.6) is 0 Å². The number of amides is 2. The SMILES string of the molecule is O=C(CCc1cccnc1)NCc1cc2cc(-c3ccc(C(=O)N4CCC(F)(F)CC4)cn3)cc(-c3ccncc3)c2o1. The molecule has 43 heavy (non-hydrogen) atoms. The Kier molecular flexibility index (Phi) is 7.91. The summed E-state index contributed by atoms with van der Waals surface area (Å²) in [5.74, 6) is -2.50. The third kappa shape index (κ3) is 6.58. The van der Waals surface area contributed by atoms with Crippen LogP contribution in [0, 0.1) is 0 Å². The molecule has 0 aliphatic carbocycles. The Labute approximate surface area is 246 Å². The van der Waals surface area contributed by atoms with E-state index in [1.165, 1.54) is 11.1 Å². The minimum Gasteiger partial charge on any atom is -0.459 e. The fourth-order valence-corrected chi connectivity index (χ4v) is 5.18. The van der Waals surface area contributed by atoms with Gasteiger partial charge in [-0.2, -0.15) is 0 Å². The summed E-state index contributed by atoms with van der Waals surface area (Å²) in [5.41, 5.74) is 5.21. The molecule has 6 rings (SSSR count). The first-order valence-electron chi connectivity index (χ1n) is 14.1. The van der Waals surface area contributed by atoms with Gasteiger partial charge in [0.05, 0.1) is 17.8 Å². The highest BCUT2D eigenvalue weighted by Crippen LogP contribution is 2.35. The topological polar surface area (TPSA) is 101 Å². The predicted octanol–water partition coefficient (Wildman–Crippen LogP) is 6.07. The number of benzene rings is 1. The Bertz CT molecular complexity index is 1730. The van der Waals surface area contributed by atoms with Crippen molar-refractivity contribution in [3.05, 3.63) is 102 Å². The Morgan fingerprint density at radius 1 is 0.930 bits per heavy atom. The number of hydrogen-bond donors (Lipinski definition) is 1. The molecule has 0 radical (unpaired) electrons. The maximum atomic E-state index is 13.5. The molecule has 1 aromatic carbocycles. The van der Waals surface area contributed by atoms with Gasteiger partial charge >= 0.3 is 0 Å². The van der Waals surface area contributed by atoms with Crippen molar-refractivity contribution in [2.75, 3.05) is 13.1 Å². The number of fused-ring (bicyclic) bond motifs is 1. The molecule has 1 N–H and O–H groups in total. The lowest BCUT2D eigenvalue weighted by Gasteiger charge is -2.31. The van der Waals surface area contributed by atoms with Crippen LogP contribution in [0.15, 0.2) is 90.0 Å². The van der Waals surface area contributed by atoms with Crippen molar-refractivity contribution in [1.29, 1.82) is 0 Å². The molecule has 0 atom stereocenters. The van der Waals surface area contributed by atoms with Crippen molar-refractivity contribution in [3.63, 3.8) is 0 Å². The first kappa shape index (κ1) is 28.1. The zero-order chi connectivity index (χ0) is 29.8. The van der Waals surface area contributed by atoms with Crippen LogP contribution in [-0.2, 0) is 17.8 Å². The molecule has 2 amide bonds. The van der Waals surface area contributed by atoms with Gasteiger partial charge in [-0.05, 0) is 66.1 Å². The second-order valence-electron chi connectivity index (χ2n) is 10.6. The molecular weight excluding hydrogens is 552 g/mol. The molecule has 4 aromatic heterocycles. The number of likely N-dealkylation sites (tertiary alicyclic amines) is 1. The molecule has 1 aliphatic rings. The van der Waals surface area contributed by atoms with Crippen molar-refractivity contribution in [2.24, 2.45) is 0 Å². The summed E-state index contributed by atoms with van der Waals surface area (Å²) in [6.07, 6.45) is 8.63. The van der Waals surface area contributed by atoms with Gasteiger partial charge in [0.25, 0.3) is 11.8 Å². The predicted molar refractivity (Wildman–Crippen MR) is 157 cm³/mol. The third-order valence-electron chi connectivity index (χ3n) is 7.57. The molecule has 1 fully saturated rings. The minimum atomic E-state index is -2.72. The Hall–Kier alpha value is -4.99. The number of aryl methyl sites for hydroxylation is 1. The number of nitrogens with one attached hydrogen (secondary N) is 1. The number of hydrogen-bond acceptors (Lipinski definition) is 6. The lowest BCUT2D eigenvalue weighted by Crippen LogP contribution is -2.42. The lowest BCUT2D eigenvalue weighted by molar-refractivity contribution is -0.121. The van der Waals surface area contributed by atoms with Crippen molar-refractivity contribution in [3.8, 4) is 22.4 Å². The quantitative estimate of drug-likeness (QED) is 0.239. The van der Waals surface area contributed by atoms with Crippen molar-refractivity contribution in [1.82, 2.24) is 25.2 Å². The zero-order valence-electron chi connectivity index (χ0n) is 23.3. The van der Waals surface area contributed by atoms with Crippen LogP contribution in [0.2, 0.25) is 0 Å². The number of piperidine rings is 1. The molecule has 0 bridgehead atoms. The van der Waals surface area contributed by atoms with Gasteiger partial charge in [0.2, 0.25) is 5.91 Å². The van der Waals surface area contributed by atoms with Crippen LogP contribution in [0.4, 0.5) is 8.78 Å². The molecular formula is C33H29F2N5O3.